The fourth-order valence-electron chi connectivity index (χ4n) is 1.82. The first-order valence-electron chi connectivity index (χ1n) is 5.58. The summed E-state index contributed by atoms with van der Waals surface area (Å²) in [7, 11) is 0. The minimum absolute atomic E-state index is 0.197. The maximum absolute atomic E-state index is 11.1. The van der Waals surface area contributed by atoms with Crippen LogP contribution in [0.3, 0.4) is 0 Å². The molecule has 0 aliphatic heterocycles. The van der Waals surface area contributed by atoms with Gasteiger partial charge in [-0.25, -0.2) is 14.8 Å². The molecule has 3 rings (SSSR count). The number of hydrogen-bond acceptors (Lipinski definition) is 5. The molecule has 0 aliphatic rings. The molecular weight excluding hydrogens is 246 g/mol. The Bertz CT molecular complexity index is 780. The van der Waals surface area contributed by atoms with Crippen LogP contribution in [0.5, 0.6) is 0 Å². The Labute approximate surface area is 107 Å². The van der Waals surface area contributed by atoms with Crippen LogP contribution in [0.15, 0.2) is 34.9 Å². The molecule has 3 aromatic rings. The van der Waals surface area contributed by atoms with Gasteiger partial charge in [-0.2, -0.15) is 0 Å². The zero-order valence-electron chi connectivity index (χ0n) is 9.99. The molecule has 19 heavy (non-hydrogen) atoms. The summed E-state index contributed by atoms with van der Waals surface area (Å²) in [4.78, 5) is 23.7. The van der Waals surface area contributed by atoms with Crippen molar-refractivity contribution in [1.29, 1.82) is 0 Å². The number of rotatable bonds is 2. The van der Waals surface area contributed by atoms with Crippen LogP contribution in [0.1, 0.15) is 16.4 Å². The van der Waals surface area contributed by atoms with E-state index in [4.69, 9.17) is 9.52 Å². The highest BCUT2D eigenvalue weighted by molar-refractivity contribution is 5.91. The molecular formula is C13H9N3O3. The smallest absolute Gasteiger partial charge is 0.374 e. The maximum Gasteiger partial charge on any atom is 0.374 e. The molecule has 0 amide bonds. The number of nitrogens with zero attached hydrogens (tertiary/aromatic N) is 3. The molecule has 1 aromatic carbocycles. The summed E-state index contributed by atoms with van der Waals surface area (Å²) in [5.74, 6) is -1.12. The van der Waals surface area contributed by atoms with Crippen LogP contribution in [0.2, 0.25) is 0 Å². The number of carboxylic acids is 1. The Kier molecular flexibility index (Phi) is 2.49. The van der Waals surface area contributed by atoms with Crippen molar-refractivity contribution in [2.24, 2.45) is 0 Å². The average molecular weight is 255 g/mol. The van der Waals surface area contributed by atoms with Crippen molar-refractivity contribution in [3.8, 4) is 11.4 Å². The minimum atomic E-state index is -1.18. The average Bonchev–Trinajstić information content (AvgIpc) is 2.80. The van der Waals surface area contributed by atoms with Gasteiger partial charge in [0.1, 0.15) is 11.4 Å². The third kappa shape index (κ3) is 1.93. The molecule has 6 heteroatoms. The van der Waals surface area contributed by atoms with Crippen molar-refractivity contribution in [2.45, 2.75) is 6.92 Å². The highest BCUT2D eigenvalue weighted by Gasteiger charge is 2.20. The number of hydrogen-bond donors (Lipinski definition) is 1. The van der Waals surface area contributed by atoms with Crippen LogP contribution in [0.4, 0.5) is 0 Å². The van der Waals surface area contributed by atoms with Crippen LogP contribution in [-0.4, -0.2) is 26.0 Å². The molecule has 1 N–H and O–H groups in total. The minimum Gasteiger partial charge on any atom is -0.475 e. The Morgan fingerprint density at radius 3 is 2.68 bits per heavy atom. The van der Waals surface area contributed by atoms with Crippen molar-refractivity contribution < 1.29 is 14.3 Å². The normalized spacial score (nSPS) is 10.8. The van der Waals surface area contributed by atoms with Gasteiger partial charge in [-0.15, -0.1) is 0 Å². The highest BCUT2D eigenvalue weighted by atomic mass is 16.4. The lowest BCUT2D eigenvalue weighted by molar-refractivity contribution is 0.0662. The van der Waals surface area contributed by atoms with Gasteiger partial charge in [0, 0.05) is 6.92 Å². The van der Waals surface area contributed by atoms with E-state index in [-0.39, 0.29) is 17.3 Å². The predicted octanol–water partition coefficient (Wildman–Crippen LogP) is 2.29. The van der Waals surface area contributed by atoms with Gasteiger partial charge in [-0.3, -0.25) is 4.98 Å². The summed E-state index contributed by atoms with van der Waals surface area (Å²) < 4.78 is 5.06. The van der Waals surface area contributed by atoms with Gasteiger partial charge in [-0.05, 0) is 12.1 Å². The SMILES string of the molecule is Cc1nc(-c2cnc3ccccc3n2)c(C(=O)O)o1. The van der Waals surface area contributed by atoms with Crippen molar-refractivity contribution in [1.82, 2.24) is 15.0 Å². The van der Waals surface area contributed by atoms with Gasteiger partial charge >= 0.3 is 5.97 Å². The molecule has 2 aromatic heterocycles. The summed E-state index contributed by atoms with van der Waals surface area (Å²) >= 11 is 0. The van der Waals surface area contributed by atoms with Crippen LogP contribution in [0.25, 0.3) is 22.4 Å². The summed E-state index contributed by atoms with van der Waals surface area (Å²) in [6.45, 7) is 1.59. The molecule has 0 spiro atoms. The lowest BCUT2D eigenvalue weighted by Gasteiger charge is -1.99. The fraction of sp³-hybridized carbons (Fsp3) is 0.0769. The van der Waals surface area contributed by atoms with Crippen molar-refractivity contribution in [3.63, 3.8) is 0 Å². The van der Waals surface area contributed by atoms with Gasteiger partial charge < -0.3 is 9.52 Å². The van der Waals surface area contributed by atoms with Gasteiger partial charge in [-0.1, -0.05) is 12.1 Å². The Morgan fingerprint density at radius 2 is 1.95 bits per heavy atom. The quantitative estimate of drug-likeness (QED) is 0.755. The molecule has 0 aliphatic carbocycles. The van der Waals surface area contributed by atoms with Crippen molar-refractivity contribution >= 4 is 17.0 Å². The van der Waals surface area contributed by atoms with Crippen molar-refractivity contribution in [2.75, 3.05) is 0 Å². The van der Waals surface area contributed by atoms with E-state index in [2.05, 4.69) is 15.0 Å². The van der Waals surface area contributed by atoms with Gasteiger partial charge in [0.05, 0.1) is 17.2 Å². The van der Waals surface area contributed by atoms with Gasteiger partial charge in [0.2, 0.25) is 5.76 Å². The number of fused-ring (bicyclic) bond motifs is 1. The van der Waals surface area contributed by atoms with Gasteiger partial charge in [0.15, 0.2) is 5.89 Å². The molecule has 0 saturated heterocycles. The standard InChI is InChI=1S/C13H9N3O3/c1-7-15-11(12(19-7)13(17)18)10-6-14-8-4-2-3-5-9(8)16-10/h2-6H,1H3,(H,17,18). The summed E-state index contributed by atoms with van der Waals surface area (Å²) in [6, 6.07) is 7.34. The zero-order valence-corrected chi connectivity index (χ0v) is 9.99. The number of aryl methyl sites for hydroxylation is 1. The molecule has 0 radical (unpaired) electrons. The Balaban J connectivity index is 2.21. The second-order valence-electron chi connectivity index (χ2n) is 3.96. The van der Waals surface area contributed by atoms with E-state index < -0.39 is 5.97 Å². The van der Waals surface area contributed by atoms with E-state index in [1.807, 2.05) is 18.2 Å². The van der Waals surface area contributed by atoms with E-state index in [0.717, 1.165) is 5.52 Å². The number of oxazole rings is 1. The number of benzene rings is 1. The molecule has 6 nitrogen and oxygen atoms in total. The number of aromatic nitrogens is 3. The second-order valence-corrected chi connectivity index (χ2v) is 3.96. The van der Waals surface area contributed by atoms with Crippen LogP contribution in [-0.2, 0) is 0 Å². The first-order valence-corrected chi connectivity index (χ1v) is 5.58. The Hall–Kier alpha value is -2.76. The summed E-state index contributed by atoms with van der Waals surface area (Å²) in [5.41, 5.74) is 2.00. The first kappa shape index (κ1) is 11.3. The lowest BCUT2D eigenvalue weighted by Crippen LogP contribution is -1.98. The molecule has 94 valence electrons. The van der Waals surface area contributed by atoms with Crippen molar-refractivity contribution in [3.05, 3.63) is 42.1 Å². The topological polar surface area (TPSA) is 89.1 Å². The van der Waals surface area contributed by atoms with Crippen LogP contribution < -0.4 is 0 Å². The second kappa shape index (κ2) is 4.16. The van der Waals surface area contributed by atoms with Crippen LogP contribution >= 0.6 is 0 Å². The third-order valence-corrected chi connectivity index (χ3v) is 2.62. The number of carbonyl (C=O) groups is 1. The number of carboxylic acid groups (broad SMARTS) is 1. The highest BCUT2D eigenvalue weighted by Crippen LogP contribution is 2.23. The van der Waals surface area contributed by atoms with E-state index in [1.165, 1.54) is 6.20 Å². The molecule has 0 unspecified atom stereocenters. The number of aromatic carboxylic acids is 1. The fourth-order valence-corrected chi connectivity index (χ4v) is 1.82. The summed E-state index contributed by atoms with van der Waals surface area (Å²) in [6.07, 6.45) is 1.49. The van der Waals surface area contributed by atoms with Gasteiger partial charge in [0.25, 0.3) is 0 Å². The van der Waals surface area contributed by atoms with E-state index in [9.17, 15) is 4.79 Å². The molecule has 0 saturated carbocycles. The lowest BCUT2D eigenvalue weighted by atomic mass is 10.2. The Morgan fingerprint density at radius 1 is 1.21 bits per heavy atom. The maximum atomic E-state index is 11.1. The zero-order chi connectivity index (χ0) is 13.4. The first-order chi connectivity index (χ1) is 9.15. The van der Waals surface area contributed by atoms with E-state index in [0.29, 0.717) is 11.2 Å². The molecule has 0 bridgehead atoms. The number of para-hydroxylation sites is 2. The predicted molar refractivity (Wildman–Crippen MR) is 66.7 cm³/mol. The van der Waals surface area contributed by atoms with E-state index in [1.54, 1.807) is 13.0 Å². The van der Waals surface area contributed by atoms with E-state index >= 15 is 0 Å². The van der Waals surface area contributed by atoms with Crippen LogP contribution in [0, 0.1) is 6.92 Å². The third-order valence-electron chi connectivity index (χ3n) is 2.62. The molecule has 0 fully saturated rings. The largest absolute Gasteiger partial charge is 0.475 e. The summed E-state index contributed by atoms with van der Waals surface area (Å²) in [5, 5.41) is 9.07. The molecule has 2 heterocycles. The monoisotopic (exact) mass is 255 g/mol. The molecule has 0 atom stereocenters.